The Labute approximate surface area is 107 Å². The number of aryl methyl sites for hydroxylation is 1. The van der Waals surface area contributed by atoms with E-state index in [0.717, 1.165) is 37.2 Å². The third-order valence-electron chi connectivity index (χ3n) is 3.74. The van der Waals surface area contributed by atoms with Crippen LogP contribution in [0.1, 0.15) is 31.4 Å². The molecule has 0 saturated heterocycles. The van der Waals surface area contributed by atoms with Crippen LogP contribution in [-0.4, -0.2) is 34.4 Å². The quantitative estimate of drug-likeness (QED) is 0.885. The molecule has 98 valence electrons. The van der Waals surface area contributed by atoms with Gasteiger partial charge in [0.1, 0.15) is 0 Å². The van der Waals surface area contributed by atoms with E-state index in [4.69, 9.17) is 5.11 Å². The van der Waals surface area contributed by atoms with Crippen molar-refractivity contribution in [3.8, 4) is 0 Å². The lowest BCUT2D eigenvalue weighted by Crippen LogP contribution is -2.37. The maximum absolute atomic E-state index is 10.9. The molecule has 1 fully saturated rings. The van der Waals surface area contributed by atoms with E-state index in [1.165, 1.54) is 0 Å². The van der Waals surface area contributed by atoms with Gasteiger partial charge in [-0.25, -0.2) is 0 Å². The number of rotatable bonds is 3. The van der Waals surface area contributed by atoms with E-state index in [-0.39, 0.29) is 5.92 Å². The number of anilines is 1. The fraction of sp³-hybridized carbons (Fsp3) is 0.615. The minimum absolute atomic E-state index is 0.168. The Balaban J connectivity index is 1.97. The summed E-state index contributed by atoms with van der Waals surface area (Å²) in [5.74, 6) is 0.0318. The molecule has 0 unspecified atom stereocenters. The summed E-state index contributed by atoms with van der Waals surface area (Å²) in [6.07, 6.45) is 3.32. The third-order valence-corrected chi connectivity index (χ3v) is 3.74. The zero-order valence-electron chi connectivity index (χ0n) is 10.8. The predicted molar refractivity (Wildman–Crippen MR) is 68.6 cm³/mol. The predicted octanol–water partition coefficient (Wildman–Crippen LogP) is 1.86. The van der Waals surface area contributed by atoms with Gasteiger partial charge < -0.3 is 10.0 Å². The highest BCUT2D eigenvalue weighted by Gasteiger charge is 2.28. The summed E-state index contributed by atoms with van der Waals surface area (Å²) in [6.45, 7) is 1.91. The smallest absolute Gasteiger partial charge is 0.306 e. The van der Waals surface area contributed by atoms with Crippen molar-refractivity contribution < 1.29 is 9.90 Å². The minimum Gasteiger partial charge on any atom is -0.481 e. The van der Waals surface area contributed by atoms with Crippen LogP contribution >= 0.6 is 0 Å². The summed E-state index contributed by atoms with van der Waals surface area (Å²) >= 11 is 0. The fourth-order valence-corrected chi connectivity index (χ4v) is 2.48. The molecule has 1 aromatic rings. The second-order valence-electron chi connectivity index (χ2n) is 4.99. The van der Waals surface area contributed by atoms with Crippen molar-refractivity contribution in [1.29, 1.82) is 0 Å². The maximum Gasteiger partial charge on any atom is 0.306 e. The summed E-state index contributed by atoms with van der Waals surface area (Å²) in [5, 5.41) is 17.2. The van der Waals surface area contributed by atoms with Crippen molar-refractivity contribution in [2.24, 2.45) is 5.92 Å². The molecule has 2 rings (SSSR count). The Morgan fingerprint density at radius 1 is 1.28 bits per heavy atom. The first-order chi connectivity index (χ1) is 8.58. The van der Waals surface area contributed by atoms with Crippen molar-refractivity contribution in [2.45, 2.75) is 38.6 Å². The van der Waals surface area contributed by atoms with Crippen molar-refractivity contribution in [2.75, 3.05) is 11.9 Å². The maximum atomic E-state index is 10.9. The lowest BCUT2D eigenvalue weighted by molar-refractivity contribution is -0.142. The average molecular weight is 249 g/mol. The molecule has 1 aromatic heterocycles. The topological polar surface area (TPSA) is 66.3 Å². The van der Waals surface area contributed by atoms with Gasteiger partial charge in [-0.05, 0) is 44.7 Å². The van der Waals surface area contributed by atoms with E-state index in [1.807, 2.05) is 26.1 Å². The number of nitrogens with zero attached hydrogens (tertiary/aromatic N) is 3. The molecule has 0 radical (unpaired) electrons. The second kappa shape index (κ2) is 5.33. The van der Waals surface area contributed by atoms with Gasteiger partial charge in [-0.2, -0.15) is 5.10 Å². The van der Waals surface area contributed by atoms with Crippen LogP contribution in [0.2, 0.25) is 0 Å². The Bertz CT molecular complexity index is 411. The summed E-state index contributed by atoms with van der Waals surface area (Å²) in [5.41, 5.74) is 0.904. The molecule has 1 aliphatic rings. The Kier molecular flexibility index (Phi) is 3.79. The number of carbonyl (C=O) groups is 1. The molecular formula is C13H19N3O2. The number of carboxylic acids is 1. The molecule has 1 aliphatic carbocycles. The molecule has 0 aliphatic heterocycles. The van der Waals surface area contributed by atoms with Crippen molar-refractivity contribution in [3.05, 3.63) is 17.8 Å². The van der Waals surface area contributed by atoms with E-state index >= 15 is 0 Å². The fourth-order valence-electron chi connectivity index (χ4n) is 2.48. The van der Waals surface area contributed by atoms with Crippen LogP contribution in [0.3, 0.4) is 0 Å². The normalized spacial score (nSPS) is 23.7. The Morgan fingerprint density at radius 3 is 2.44 bits per heavy atom. The molecule has 0 atom stereocenters. The van der Waals surface area contributed by atoms with Gasteiger partial charge >= 0.3 is 5.97 Å². The van der Waals surface area contributed by atoms with Gasteiger partial charge in [0, 0.05) is 13.1 Å². The van der Waals surface area contributed by atoms with Crippen LogP contribution in [0.15, 0.2) is 12.1 Å². The molecule has 0 amide bonds. The second-order valence-corrected chi connectivity index (χ2v) is 4.99. The van der Waals surface area contributed by atoms with Crippen molar-refractivity contribution >= 4 is 11.8 Å². The van der Waals surface area contributed by atoms with Gasteiger partial charge in [-0.15, -0.1) is 5.10 Å². The molecule has 0 bridgehead atoms. The van der Waals surface area contributed by atoms with Crippen LogP contribution in [0.5, 0.6) is 0 Å². The van der Waals surface area contributed by atoms with E-state index in [0.29, 0.717) is 6.04 Å². The van der Waals surface area contributed by atoms with E-state index in [2.05, 4.69) is 15.1 Å². The molecule has 1 saturated carbocycles. The zero-order valence-corrected chi connectivity index (χ0v) is 10.8. The van der Waals surface area contributed by atoms with Gasteiger partial charge in [0.2, 0.25) is 0 Å². The molecule has 0 spiro atoms. The van der Waals surface area contributed by atoms with E-state index < -0.39 is 5.97 Å². The highest BCUT2D eigenvalue weighted by Crippen LogP contribution is 2.28. The lowest BCUT2D eigenvalue weighted by Gasteiger charge is -2.33. The molecule has 5 nitrogen and oxygen atoms in total. The summed E-state index contributed by atoms with van der Waals surface area (Å²) in [7, 11) is 2.01. The number of aromatic nitrogens is 2. The monoisotopic (exact) mass is 249 g/mol. The lowest BCUT2D eigenvalue weighted by atomic mass is 9.85. The van der Waals surface area contributed by atoms with Gasteiger partial charge in [0.05, 0.1) is 11.6 Å². The molecule has 5 heteroatoms. The van der Waals surface area contributed by atoms with Crippen molar-refractivity contribution in [3.63, 3.8) is 0 Å². The first kappa shape index (κ1) is 12.8. The number of hydrogen-bond acceptors (Lipinski definition) is 4. The van der Waals surface area contributed by atoms with Crippen LogP contribution in [-0.2, 0) is 4.79 Å². The van der Waals surface area contributed by atoms with Crippen LogP contribution in [0.25, 0.3) is 0 Å². The average Bonchev–Trinajstić information content (AvgIpc) is 2.39. The number of carboxylic acid groups (broad SMARTS) is 1. The van der Waals surface area contributed by atoms with Gasteiger partial charge in [-0.1, -0.05) is 0 Å². The van der Waals surface area contributed by atoms with Gasteiger partial charge in [-0.3, -0.25) is 4.79 Å². The Hall–Kier alpha value is -1.65. The van der Waals surface area contributed by atoms with E-state index in [9.17, 15) is 4.79 Å². The first-order valence-electron chi connectivity index (χ1n) is 6.34. The van der Waals surface area contributed by atoms with Crippen LogP contribution in [0, 0.1) is 12.8 Å². The van der Waals surface area contributed by atoms with E-state index in [1.54, 1.807) is 0 Å². The SMILES string of the molecule is Cc1ccc(N(C)C2CCC(C(=O)O)CC2)nn1. The number of aliphatic carboxylic acids is 1. The highest BCUT2D eigenvalue weighted by atomic mass is 16.4. The van der Waals surface area contributed by atoms with Crippen LogP contribution < -0.4 is 4.90 Å². The molecular weight excluding hydrogens is 230 g/mol. The molecule has 1 N–H and O–H groups in total. The molecule has 1 heterocycles. The van der Waals surface area contributed by atoms with Crippen molar-refractivity contribution in [1.82, 2.24) is 10.2 Å². The molecule has 18 heavy (non-hydrogen) atoms. The summed E-state index contributed by atoms with van der Waals surface area (Å²) in [6, 6.07) is 4.28. The highest BCUT2D eigenvalue weighted by molar-refractivity contribution is 5.70. The third kappa shape index (κ3) is 2.78. The minimum atomic E-state index is -0.661. The standard InChI is InChI=1S/C13H19N3O2/c1-9-3-8-12(15-14-9)16(2)11-6-4-10(5-7-11)13(17)18/h3,8,10-11H,4-7H2,1-2H3,(H,17,18). The molecule has 0 aromatic carbocycles. The van der Waals surface area contributed by atoms with Crippen LogP contribution in [0.4, 0.5) is 5.82 Å². The largest absolute Gasteiger partial charge is 0.481 e. The number of hydrogen-bond donors (Lipinski definition) is 1. The Morgan fingerprint density at radius 2 is 1.94 bits per heavy atom. The van der Waals surface area contributed by atoms with Gasteiger partial charge in [0.15, 0.2) is 5.82 Å². The first-order valence-corrected chi connectivity index (χ1v) is 6.34. The zero-order chi connectivity index (χ0) is 13.1. The summed E-state index contributed by atoms with van der Waals surface area (Å²) < 4.78 is 0. The summed E-state index contributed by atoms with van der Waals surface area (Å²) in [4.78, 5) is 13.0. The van der Waals surface area contributed by atoms with Gasteiger partial charge in [0.25, 0.3) is 0 Å².